The summed E-state index contributed by atoms with van der Waals surface area (Å²) in [4.78, 5) is 26.5. The summed E-state index contributed by atoms with van der Waals surface area (Å²) < 4.78 is 0. The zero-order chi connectivity index (χ0) is 15.6. The lowest BCUT2D eigenvalue weighted by Crippen LogP contribution is -2.15. The van der Waals surface area contributed by atoms with Gasteiger partial charge in [-0.25, -0.2) is 4.98 Å². The summed E-state index contributed by atoms with van der Waals surface area (Å²) >= 11 is 11.4. The van der Waals surface area contributed by atoms with Gasteiger partial charge in [0.15, 0.2) is 0 Å². The van der Waals surface area contributed by atoms with Crippen LogP contribution in [-0.4, -0.2) is 15.8 Å². The van der Waals surface area contributed by atoms with E-state index in [1.807, 2.05) is 0 Å². The number of amides is 1. The number of halogens is 2. The molecule has 8 heteroatoms. The van der Waals surface area contributed by atoms with Crippen LogP contribution in [0.25, 0.3) is 0 Å². The summed E-state index contributed by atoms with van der Waals surface area (Å²) in [6.45, 7) is 1.66. The number of hydrogen-bond acceptors (Lipinski definition) is 4. The molecule has 108 valence electrons. The largest absolute Gasteiger partial charge is 0.320 e. The van der Waals surface area contributed by atoms with Gasteiger partial charge in [0.1, 0.15) is 10.7 Å². The Morgan fingerprint density at radius 2 is 2.00 bits per heavy atom. The summed E-state index contributed by atoms with van der Waals surface area (Å²) in [5.41, 5.74) is 0.486. The smallest absolute Gasteiger partial charge is 0.283 e. The number of benzene rings is 1. The minimum absolute atomic E-state index is 0.0845. The van der Waals surface area contributed by atoms with E-state index in [0.29, 0.717) is 16.5 Å². The lowest BCUT2D eigenvalue weighted by molar-refractivity contribution is -0.385. The molecule has 1 amide bonds. The van der Waals surface area contributed by atoms with Gasteiger partial charge in [-0.15, -0.1) is 0 Å². The van der Waals surface area contributed by atoms with Crippen molar-refractivity contribution in [3.63, 3.8) is 0 Å². The van der Waals surface area contributed by atoms with Gasteiger partial charge in [0, 0.05) is 11.1 Å². The highest BCUT2D eigenvalue weighted by Crippen LogP contribution is 2.25. The van der Waals surface area contributed by atoms with E-state index in [2.05, 4.69) is 10.3 Å². The molecular weight excluding hydrogens is 317 g/mol. The fourth-order valence-corrected chi connectivity index (χ4v) is 2.06. The van der Waals surface area contributed by atoms with Gasteiger partial charge in [-0.2, -0.15) is 0 Å². The van der Waals surface area contributed by atoms with Crippen LogP contribution in [0.3, 0.4) is 0 Å². The molecule has 0 bridgehead atoms. The second-order valence-corrected chi connectivity index (χ2v) is 4.96. The third-order valence-electron chi connectivity index (χ3n) is 2.70. The van der Waals surface area contributed by atoms with Crippen molar-refractivity contribution in [1.82, 2.24) is 4.98 Å². The molecule has 6 nitrogen and oxygen atoms in total. The van der Waals surface area contributed by atoms with Crippen molar-refractivity contribution in [2.45, 2.75) is 6.92 Å². The van der Waals surface area contributed by atoms with Crippen molar-refractivity contribution in [1.29, 1.82) is 0 Å². The van der Waals surface area contributed by atoms with Crippen LogP contribution in [-0.2, 0) is 0 Å². The van der Waals surface area contributed by atoms with Gasteiger partial charge in [0.25, 0.3) is 11.6 Å². The highest BCUT2D eigenvalue weighted by atomic mass is 35.5. The number of nitro groups is 1. The van der Waals surface area contributed by atoms with E-state index >= 15 is 0 Å². The number of nitrogens with zero attached hydrogens (tertiary/aromatic N) is 2. The first-order valence-electron chi connectivity index (χ1n) is 5.77. The number of aryl methyl sites for hydroxylation is 1. The Labute approximate surface area is 129 Å². The molecule has 2 rings (SSSR count). The molecule has 0 saturated heterocycles. The SMILES string of the molecule is Cc1nc(Cl)ccc1NC(=O)c1ccc(Cl)cc1[N+](=O)[O-]. The van der Waals surface area contributed by atoms with E-state index in [4.69, 9.17) is 23.2 Å². The fourth-order valence-electron chi connectivity index (χ4n) is 1.70. The standard InChI is InChI=1S/C13H9Cl2N3O3/c1-7-10(4-5-12(15)16-7)17-13(19)9-3-2-8(14)6-11(9)18(20)21/h2-6H,1H3,(H,17,19). The van der Waals surface area contributed by atoms with Gasteiger partial charge in [-0.05, 0) is 31.2 Å². The minimum Gasteiger partial charge on any atom is -0.320 e. The first-order valence-corrected chi connectivity index (χ1v) is 6.52. The molecule has 1 aromatic heterocycles. The minimum atomic E-state index is -0.659. The molecule has 0 aliphatic rings. The van der Waals surface area contributed by atoms with E-state index < -0.39 is 10.8 Å². The quantitative estimate of drug-likeness (QED) is 0.527. The van der Waals surface area contributed by atoms with Crippen molar-refractivity contribution >= 4 is 40.5 Å². The molecule has 0 spiro atoms. The molecule has 0 radical (unpaired) electrons. The molecule has 1 heterocycles. The number of pyridine rings is 1. The number of anilines is 1. The predicted molar refractivity (Wildman–Crippen MR) is 80.0 cm³/mol. The number of rotatable bonds is 3. The van der Waals surface area contributed by atoms with Crippen LogP contribution in [0, 0.1) is 17.0 Å². The maximum atomic E-state index is 12.2. The maximum absolute atomic E-state index is 12.2. The van der Waals surface area contributed by atoms with Crippen LogP contribution in [0.1, 0.15) is 16.1 Å². The fraction of sp³-hybridized carbons (Fsp3) is 0.0769. The van der Waals surface area contributed by atoms with Crippen LogP contribution in [0.15, 0.2) is 30.3 Å². The van der Waals surface area contributed by atoms with Gasteiger partial charge in [0.05, 0.1) is 16.3 Å². The number of nitrogens with one attached hydrogen (secondary N) is 1. The number of carbonyl (C=O) groups excluding carboxylic acids is 1. The average Bonchev–Trinajstić information content (AvgIpc) is 2.41. The second-order valence-electron chi connectivity index (χ2n) is 4.14. The Balaban J connectivity index is 2.34. The van der Waals surface area contributed by atoms with Gasteiger partial charge in [-0.3, -0.25) is 14.9 Å². The average molecular weight is 326 g/mol. The summed E-state index contributed by atoms with van der Waals surface area (Å²) in [7, 11) is 0. The van der Waals surface area contributed by atoms with Crippen LogP contribution in [0.4, 0.5) is 11.4 Å². The summed E-state index contributed by atoms with van der Waals surface area (Å²) in [5, 5.41) is 14.0. The monoisotopic (exact) mass is 325 g/mol. The molecule has 21 heavy (non-hydrogen) atoms. The van der Waals surface area contributed by atoms with E-state index in [1.54, 1.807) is 13.0 Å². The Kier molecular flexibility index (Phi) is 4.40. The third-order valence-corrected chi connectivity index (χ3v) is 3.15. The Morgan fingerprint density at radius 3 is 2.62 bits per heavy atom. The maximum Gasteiger partial charge on any atom is 0.283 e. The number of aromatic nitrogens is 1. The number of hydrogen-bond donors (Lipinski definition) is 1. The van der Waals surface area contributed by atoms with Gasteiger partial charge in [0.2, 0.25) is 0 Å². The van der Waals surface area contributed by atoms with Crippen molar-refractivity contribution in [3.8, 4) is 0 Å². The molecule has 0 fully saturated rings. The molecule has 0 unspecified atom stereocenters. The zero-order valence-corrected chi connectivity index (χ0v) is 12.3. The molecule has 2 aromatic rings. The highest BCUT2D eigenvalue weighted by Gasteiger charge is 2.21. The Morgan fingerprint density at radius 1 is 1.29 bits per heavy atom. The third kappa shape index (κ3) is 3.48. The summed E-state index contributed by atoms with van der Waals surface area (Å²) in [6, 6.07) is 6.93. The number of nitro benzene ring substituents is 1. The van der Waals surface area contributed by atoms with Crippen LogP contribution < -0.4 is 5.32 Å². The van der Waals surface area contributed by atoms with Crippen LogP contribution in [0.5, 0.6) is 0 Å². The Hall–Kier alpha value is -2.18. The topological polar surface area (TPSA) is 85.1 Å². The molecule has 0 aliphatic heterocycles. The molecule has 1 aromatic carbocycles. The molecule has 0 saturated carbocycles. The first-order chi connectivity index (χ1) is 9.88. The van der Waals surface area contributed by atoms with E-state index in [1.165, 1.54) is 18.2 Å². The number of carbonyl (C=O) groups is 1. The van der Waals surface area contributed by atoms with Gasteiger partial charge >= 0.3 is 0 Å². The van der Waals surface area contributed by atoms with E-state index in [-0.39, 0.29) is 16.3 Å². The second kappa shape index (κ2) is 6.07. The summed E-state index contributed by atoms with van der Waals surface area (Å²) in [6.07, 6.45) is 0. The van der Waals surface area contributed by atoms with Crippen molar-refractivity contribution in [3.05, 3.63) is 61.9 Å². The van der Waals surface area contributed by atoms with Crippen molar-refractivity contribution < 1.29 is 9.72 Å². The van der Waals surface area contributed by atoms with E-state index in [0.717, 1.165) is 6.07 Å². The van der Waals surface area contributed by atoms with Gasteiger partial charge < -0.3 is 5.32 Å². The normalized spacial score (nSPS) is 10.2. The lowest BCUT2D eigenvalue weighted by atomic mass is 10.1. The van der Waals surface area contributed by atoms with Crippen LogP contribution >= 0.6 is 23.2 Å². The lowest BCUT2D eigenvalue weighted by Gasteiger charge is -2.08. The van der Waals surface area contributed by atoms with Crippen molar-refractivity contribution in [2.24, 2.45) is 0 Å². The van der Waals surface area contributed by atoms with Gasteiger partial charge in [-0.1, -0.05) is 23.2 Å². The van der Waals surface area contributed by atoms with Crippen LogP contribution in [0.2, 0.25) is 10.2 Å². The molecule has 1 N–H and O–H groups in total. The Bertz CT molecular complexity index is 735. The van der Waals surface area contributed by atoms with Crippen molar-refractivity contribution in [2.75, 3.05) is 5.32 Å². The molecule has 0 aliphatic carbocycles. The zero-order valence-electron chi connectivity index (χ0n) is 10.8. The molecular formula is C13H9Cl2N3O3. The molecule has 0 atom stereocenters. The first kappa shape index (κ1) is 15.2. The van der Waals surface area contributed by atoms with E-state index in [9.17, 15) is 14.9 Å². The highest BCUT2D eigenvalue weighted by molar-refractivity contribution is 6.31. The summed E-state index contributed by atoms with van der Waals surface area (Å²) in [5.74, 6) is -0.620. The predicted octanol–water partition coefficient (Wildman–Crippen LogP) is 3.86.